The van der Waals surface area contributed by atoms with Crippen LogP contribution in [0.5, 0.6) is 0 Å². The average Bonchev–Trinajstić information content (AvgIpc) is 2.50. The molecule has 1 aromatic rings. The summed E-state index contributed by atoms with van der Waals surface area (Å²) in [5, 5.41) is 0.659. The number of hydrogen-bond donors (Lipinski definition) is 1. The Morgan fingerprint density at radius 1 is 1.19 bits per heavy atom. The van der Waals surface area contributed by atoms with Gasteiger partial charge in [0.05, 0.1) is 11.1 Å². The monoisotopic (exact) mass is 220 g/mol. The summed E-state index contributed by atoms with van der Waals surface area (Å²) in [5.74, 6) is -1.72. The summed E-state index contributed by atoms with van der Waals surface area (Å²) in [5.41, 5.74) is 2.58. The van der Waals surface area contributed by atoms with Gasteiger partial charge in [-0.1, -0.05) is 17.7 Å². The molecule has 82 valence electrons. The van der Waals surface area contributed by atoms with Gasteiger partial charge in [-0.05, 0) is 12.1 Å². The van der Waals surface area contributed by atoms with Crippen LogP contribution in [0.25, 0.3) is 0 Å². The number of carbonyl (C=O) groups is 3. The largest absolute Gasteiger partial charge is 0.351 e. The maximum atomic E-state index is 11.7. The molecule has 0 unspecified atom stereocenters. The molecular formula is C10H8N2O4. The minimum atomic E-state index is -0.642. The third kappa shape index (κ3) is 1.55. The van der Waals surface area contributed by atoms with E-state index in [-0.39, 0.29) is 11.1 Å². The molecule has 0 bridgehead atoms. The molecule has 16 heavy (non-hydrogen) atoms. The SMILES string of the molecule is CC(=O)ONN1C(=O)c2ccccc2C1=O. The van der Waals surface area contributed by atoms with Crippen LogP contribution in [-0.2, 0) is 9.63 Å². The minimum absolute atomic E-state index is 0.284. The van der Waals surface area contributed by atoms with Crippen LogP contribution in [0, 0.1) is 0 Å². The van der Waals surface area contributed by atoms with Gasteiger partial charge in [-0.2, -0.15) is 5.01 Å². The Bertz CT molecular complexity index is 448. The second kappa shape index (κ2) is 3.74. The molecule has 1 N–H and O–H groups in total. The first-order valence-electron chi connectivity index (χ1n) is 4.52. The van der Waals surface area contributed by atoms with E-state index in [0.29, 0.717) is 5.01 Å². The summed E-state index contributed by atoms with van der Waals surface area (Å²) in [6, 6.07) is 6.37. The van der Waals surface area contributed by atoms with E-state index < -0.39 is 17.8 Å². The predicted octanol–water partition coefficient (Wildman–Crippen LogP) is 0.265. The number of rotatable bonds is 2. The van der Waals surface area contributed by atoms with Crippen LogP contribution in [-0.4, -0.2) is 22.8 Å². The molecule has 1 heterocycles. The molecule has 1 aliphatic rings. The fraction of sp³-hybridized carbons (Fsp3) is 0.100. The van der Waals surface area contributed by atoms with Crippen molar-refractivity contribution in [3.63, 3.8) is 0 Å². The van der Waals surface area contributed by atoms with E-state index in [2.05, 4.69) is 4.84 Å². The van der Waals surface area contributed by atoms with E-state index in [1.54, 1.807) is 12.1 Å². The number of hydrazine groups is 1. The van der Waals surface area contributed by atoms with Gasteiger partial charge < -0.3 is 4.84 Å². The van der Waals surface area contributed by atoms with Gasteiger partial charge in [0.2, 0.25) is 0 Å². The molecule has 6 heteroatoms. The quantitative estimate of drug-likeness (QED) is 0.571. The van der Waals surface area contributed by atoms with Crippen LogP contribution >= 0.6 is 0 Å². The molecule has 0 saturated heterocycles. The first kappa shape index (κ1) is 10.3. The molecule has 2 amide bonds. The highest BCUT2D eigenvalue weighted by Crippen LogP contribution is 2.20. The zero-order valence-electron chi connectivity index (χ0n) is 8.39. The highest BCUT2D eigenvalue weighted by molar-refractivity contribution is 6.20. The molecular weight excluding hydrogens is 212 g/mol. The summed E-state index contributed by atoms with van der Waals surface area (Å²) in [6.45, 7) is 1.16. The highest BCUT2D eigenvalue weighted by atomic mass is 16.7. The van der Waals surface area contributed by atoms with Crippen molar-refractivity contribution in [3.05, 3.63) is 35.4 Å². The Kier molecular flexibility index (Phi) is 2.41. The molecule has 0 aromatic heterocycles. The first-order chi connectivity index (χ1) is 7.61. The smallest absolute Gasteiger partial charge is 0.324 e. The standard InChI is InChI=1S/C10H8N2O4/c1-6(13)16-11-12-9(14)7-4-2-3-5-8(7)10(12)15/h2-5,11H,1H3. The first-order valence-corrected chi connectivity index (χ1v) is 4.52. The lowest BCUT2D eigenvalue weighted by Crippen LogP contribution is -2.43. The lowest BCUT2D eigenvalue weighted by Gasteiger charge is -2.12. The van der Waals surface area contributed by atoms with E-state index in [9.17, 15) is 14.4 Å². The molecule has 1 aliphatic heterocycles. The lowest BCUT2D eigenvalue weighted by atomic mass is 10.1. The summed E-state index contributed by atoms with van der Waals surface area (Å²) in [7, 11) is 0. The van der Waals surface area contributed by atoms with Crippen molar-refractivity contribution in [2.75, 3.05) is 0 Å². The van der Waals surface area contributed by atoms with Crippen LogP contribution in [0.3, 0.4) is 0 Å². The normalized spacial score (nSPS) is 13.9. The van der Waals surface area contributed by atoms with Crippen LogP contribution in [0.15, 0.2) is 24.3 Å². The third-order valence-corrected chi connectivity index (χ3v) is 2.07. The van der Waals surface area contributed by atoms with Gasteiger partial charge >= 0.3 is 5.97 Å². The Labute approximate surface area is 90.7 Å². The second-order valence-electron chi connectivity index (χ2n) is 3.18. The molecule has 0 fully saturated rings. The predicted molar refractivity (Wildman–Crippen MR) is 51.8 cm³/mol. The number of nitrogens with zero attached hydrogens (tertiary/aromatic N) is 1. The lowest BCUT2D eigenvalue weighted by molar-refractivity contribution is -0.155. The molecule has 2 rings (SSSR count). The number of hydrogen-bond acceptors (Lipinski definition) is 5. The van der Waals surface area contributed by atoms with E-state index in [1.807, 2.05) is 5.59 Å². The molecule has 1 aromatic carbocycles. The average molecular weight is 220 g/mol. The van der Waals surface area contributed by atoms with Gasteiger partial charge in [0.1, 0.15) is 0 Å². The molecule has 6 nitrogen and oxygen atoms in total. The van der Waals surface area contributed by atoms with Gasteiger partial charge in [0, 0.05) is 6.92 Å². The van der Waals surface area contributed by atoms with Crippen molar-refractivity contribution < 1.29 is 19.2 Å². The van der Waals surface area contributed by atoms with Gasteiger partial charge in [-0.15, -0.1) is 0 Å². The van der Waals surface area contributed by atoms with E-state index in [0.717, 1.165) is 6.92 Å². The molecule has 0 radical (unpaired) electrons. The van der Waals surface area contributed by atoms with Crippen molar-refractivity contribution in [3.8, 4) is 0 Å². The van der Waals surface area contributed by atoms with Crippen molar-refractivity contribution in [2.24, 2.45) is 0 Å². The molecule has 0 spiro atoms. The second-order valence-corrected chi connectivity index (χ2v) is 3.18. The van der Waals surface area contributed by atoms with Crippen molar-refractivity contribution >= 4 is 17.8 Å². The van der Waals surface area contributed by atoms with Crippen molar-refractivity contribution in [2.45, 2.75) is 6.92 Å². The Morgan fingerprint density at radius 2 is 1.69 bits per heavy atom. The van der Waals surface area contributed by atoms with Gasteiger partial charge in [0.15, 0.2) is 0 Å². The minimum Gasteiger partial charge on any atom is -0.351 e. The summed E-state index contributed by atoms with van der Waals surface area (Å²) in [4.78, 5) is 38.3. The number of amides is 2. The Balaban J connectivity index is 2.25. The van der Waals surface area contributed by atoms with Crippen molar-refractivity contribution in [1.82, 2.24) is 10.6 Å². The Hall–Kier alpha value is -2.21. The zero-order chi connectivity index (χ0) is 11.7. The molecule has 0 saturated carbocycles. The topological polar surface area (TPSA) is 75.7 Å². The van der Waals surface area contributed by atoms with Crippen LogP contribution in [0.2, 0.25) is 0 Å². The summed E-state index contributed by atoms with van der Waals surface area (Å²) < 4.78 is 0. The number of carbonyl (C=O) groups excluding carboxylic acids is 3. The van der Waals surface area contributed by atoms with Gasteiger partial charge in [-0.3, -0.25) is 14.4 Å². The number of benzene rings is 1. The van der Waals surface area contributed by atoms with E-state index >= 15 is 0 Å². The maximum absolute atomic E-state index is 11.7. The van der Waals surface area contributed by atoms with E-state index in [1.165, 1.54) is 12.1 Å². The number of imide groups is 1. The maximum Gasteiger partial charge on any atom is 0.324 e. The molecule has 0 atom stereocenters. The number of fused-ring (bicyclic) bond motifs is 1. The fourth-order valence-corrected chi connectivity index (χ4v) is 1.38. The van der Waals surface area contributed by atoms with Crippen LogP contribution in [0.1, 0.15) is 27.6 Å². The van der Waals surface area contributed by atoms with Gasteiger partial charge in [0.25, 0.3) is 11.8 Å². The van der Waals surface area contributed by atoms with E-state index in [4.69, 9.17) is 0 Å². The van der Waals surface area contributed by atoms with Crippen molar-refractivity contribution in [1.29, 1.82) is 0 Å². The summed E-state index contributed by atoms with van der Waals surface area (Å²) >= 11 is 0. The fourth-order valence-electron chi connectivity index (χ4n) is 1.38. The number of nitrogens with one attached hydrogen (secondary N) is 1. The zero-order valence-corrected chi connectivity index (χ0v) is 8.39. The van der Waals surface area contributed by atoms with Crippen LogP contribution in [0.4, 0.5) is 0 Å². The molecule has 0 aliphatic carbocycles. The van der Waals surface area contributed by atoms with Gasteiger partial charge in [-0.25, -0.2) is 0 Å². The highest BCUT2D eigenvalue weighted by Gasteiger charge is 2.36. The van der Waals surface area contributed by atoms with Crippen LogP contribution < -0.4 is 5.59 Å². The third-order valence-electron chi connectivity index (χ3n) is 2.07. The Morgan fingerprint density at radius 3 is 2.12 bits per heavy atom. The summed E-state index contributed by atoms with van der Waals surface area (Å²) in [6.07, 6.45) is 0.